The van der Waals surface area contributed by atoms with E-state index >= 15 is 0 Å². The zero-order valence-corrected chi connectivity index (χ0v) is 19.4. The number of hydrogen-bond donors (Lipinski definition) is 3. The van der Waals surface area contributed by atoms with Crippen molar-refractivity contribution >= 4 is 40.5 Å². The normalized spacial score (nSPS) is 18.1. The number of fused-ring (bicyclic) bond motifs is 2. The maximum absolute atomic E-state index is 12.7. The zero-order valence-electron chi connectivity index (χ0n) is 17.2. The van der Waals surface area contributed by atoms with Gasteiger partial charge in [0, 0.05) is 36.9 Å². The third kappa shape index (κ3) is 3.72. The lowest BCUT2D eigenvalue weighted by Crippen LogP contribution is -2.54. The van der Waals surface area contributed by atoms with Crippen LogP contribution in [0.5, 0.6) is 0 Å². The van der Waals surface area contributed by atoms with Crippen LogP contribution in [0.25, 0.3) is 11.4 Å². The van der Waals surface area contributed by atoms with Crippen molar-refractivity contribution in [2.75, 3.05) is 25.4 Å². The highest BCUT2D eigenvalue weighted by atomic mass is 127. The molecule has 0 bridgehead atoms. The fraction of sp³-hybridized carbons (Fsp3) is 0.500. The highest BCUT2D eigenvalue weighted by Gasteiger charge is 2.46. The monoisotopic (exact) mass is 524 g/mol. The molecule has 1 saturated heterocycles. The number of ether oxygens (including phenoxy) is 1. The van der Waals surface area contributed by atoms with Crippen molar-refractivity contribution < 1.29 is 14.3 Å². The van der Waals surface area contributed by atoms with E-state index in [1.54, 1.807) is 17.2 Å². The van der Waals surface area contributed by atoms with Crippen LogP contribution < -0.4 is 11.1 Å². The molecule has 4 rings (SSSR count). The summed E-state index contributed by atoms with van der Waals surface area (Å²) in [4.78, 5) is 38.6. The highest BCUT2D eigenvalue weighted by Crippen LogP contribution is 2.43. The number of aromatic nitrogens is 3. The first-order chi connectivity index (χ1) is 14.1. The van der Waals surface area contributed by atoms with Crippen molar-refractivity contribution in [1.29, 1.82) is 0 Å². The maximum atomic E-state index is 12.7. The molecule has 0 radical (unpaired) electrons. The standard InChI is InChI=1S/C20H25IN6O3/c1-19(2,3)30-18(29)27-8-5-20(6-9-27)10-24-16(28)12-13(21)14(26-15(12)20)11-4-7-23-17(22)25-11/h4,7,26H,5-6,8-10H2,1-3H3,(H,24,28)(H2,22,23,25). The van der Waals surface area contributed by atoms with Crippen molar-refractivity contribution in [2.45, 2.75) is 44.6 Å². The van der Waals surface area contributed by atoms with Crippen molar-refractivity contribution in [3.63, 3.8) is 0 Å². The number of amides is 2. The molecular weight excluding hydrogens is 499 g/mol. The number of nitrogens with two attached hydrogens (primary N) is 1. The molecule has 0 unspecified atom stereocenters. The number of carbonyl (C=O) groups excluding carboxylic acids is 2. The molecule has 0 saturated carbocycles. The topological polar surface area (TPSA) is 126 Å². The number of likely N-dealkylation sites (tertiary alicyclic amines) is 1. The molecule has 160 valence electrons. The van der Waals surface area contributed by atoms with Crippen LogP contribution in [0.2, 0.25) is 0 Å². The summed E-state index contributed by atoms with van der Waals surface area (Å²) in [7, 11) is 0. The zero-order chi connectivity index (χ0) is 21.7. The first-order valence-electron chi connectivity index (χ1n) is 9.87. The minimum absolute atomic E-state index is 0.0980. The minimum atomic E-state index is -0.526. The predicted molar refractivity (Wildman–Crippen MR) is 120 cm³/mol. The number of aromatic amines is 1. The predicted octanol–water partition coefficient (Wildman–Crippen LogP) is 2.67. The van der Waals surface area contributed by atoms with Gasteiger partial charge in [0.2, 0.25) is 5.95 Å². The lowest BCUT2D eigenvalue weighted by atomic mass is 9.72. The Morgan fingerprint density at radius 1 is 1.33 bits per heavy atom. The van der Waals surface area contributed by atoms with Crippen LogP contribution in [-0.2, 0) is 10.2 Å². The molecule has 10 heteroatoms. The lowest BCUT2D eigenvalue weighted by molar-refractivity contribution is 0.0156. The number of nitrogens with one attached hydrogen (secondary N) is 2. The fourth-order valence-corrected chi connectivity index (χ4v) is 5.00. The van der Waals surface area contributed by atoms with Crippen LogP contribution in [-0.4, -0.2) is 57.1 Å². The van der Waals surface area contributed by atoms with Gasteiger partial charge in [0.25, 0.3) is 5.91 Å². The number of rotatable bonds is 1. The Morgan fingerprint density at radius 2 is 2.03 bits per heavy atom. The molecule has 4 N–H and O–H groups in total. The number of H-pyrrole nitrogens is 1. The fourth-order valence-electron chi connectivity index (χ4n) is 4.07. The Morgan fingerprint density at radius 3 is 2.67 bits per heavy atom. The van der Waals surface area contributed by atoms with Crippen LogP contribution in [0.4, 0.5) is 10.7 Å². The van der Waals surface area contributed by atoms with E-state index < -0.39 is 5.60 Å². The van der Waals surface area contributed by atoms with E-state index in [9.17, 15) is 9.59 Å². The minimum Gasteiger partial charge on any atom is -0.444 e. The molecule has 2 aromatic rings. The molecule has 0 atom stereocenters. The number of halogens is 1. The second kappa shape index (κ2) is 7.40. The Balaban J connectivity index is 1.64. The third-order valence-corrected chi connectivity index (χ3v) is 6.67. The van der Waals surface area contributed by atoms with E-state index in [1.807, 2.05) is 20.8 Å². The van der Waals surface area contributed by atoms with E-state index in [1.165, 1.54) is 0 Å². The Kier molecular flexibility index (Phi) is 5.15. The summed E-state index contributed by atoms with van der Waals surface area (Å²) in [6.45, 7) is 7.25. The number of carbonyl (C=O) groups is 2. The molecule has 0 aromatic carbocycles. The number of piperidine rings is 1. The Labute approximate surface area is 188 Å². The third-order valence-electron chi connectivity index (χ3n) is 5.59. The van der Waals surface area contributed by atoms with E-state index in [0.717, 1.165) is 27.8 Å². The smallest absolute Gasteiger partial charge is 0.410 e. The maximum Gasteiger partial charge on any atom is 0.410 e. The molecule has 9 nitrogen and oxygen atoms in total. The summed E-state index contributed by atoms with van der Waals surface area (Å²) in [6, 6.07) is 1.77. The van der Waals surface area contributed by atoms with Crippen molar-refractivity contribution in [3.05, 3.63) is 27.1 Å². The summed E-state index contributed by atoms with van der Waals surface area (Å²) >= 11 is 2.18. The van der Waals surface area contributed by atoms with Gasteiger partial charge in [-0.05, 0) is 62.3 Å². The number of hydrogen-bond acceptors (Lipinski definition) is 6. The first kappa shape index (κ1) is 20.9. The molecule has 1 spiro atoms. The quantitative estimate of drug-likeness (QED) is 0.493. The largest absolute Gasteiger partial charge is 0.444 e. The van der Waals surface area contributed by atoms with Crippen LogP contribution in [0, 0.1) is 3.57 Å². The van der Waals surface area contributed by atoms with Gasteiger partial charge in [0.1, 0.15) is 5.60 Å². The lowest BCUT2D eigenvalue weighted by Gasteiger charge is -2.43. The summed E-state index contributed by atoms with van der Waals surface area (Å²) < 4.78 is 6.33. The molecular formula is C20H25IN6O3. The number of anilines is 1. The van der Waals surface area contributed by atoms with Gasteiger partial charge in [-0.3, -0.25) is 4.79 Å². The van der Waals surface area contributed by atoms with Gasteiger partial charge in [0.05, 0.1) is 20.5 Å². The number of nitrogens with zero attached hydrogens (tertiary/aromatic N) is 3. The molecule has 1 fully saturated rings. The summed E-state index contributed by atoms with van der Waals surface area (Å²) in [5.74, 6) is 0.0832. The summed E-state index contributed by atoms with van der Waals surface area (Å²) in [6.07, 6.45) is 2.75. The Hall–Kier alpha value is -2.37. The van der Waals surface area contributed by atoms with E-state index in [4.69, 9.17) is 10.5 Å². The molecule has 4 heterocycles. The molecule has 2 amide bonds. The summed E-state index contributed by atoms with van der Waals surface area (Å²) in [5, 5.41) is 3.04. The van der Waals surface area contributed by atoms with Gasteiger partial charge in [-0.25, -0.2) is 14.8 Å². The molecule has 2 aromatic heterocycles. The second-order valence-corrected chi connectivity index (χ2v) is 9.87. The SMILES string of the molecule is CC(C)(C)OC(=O)N1CCC2(CC1)CNC(=O)c1c2[nH]c(-c2ccnc(N)n2)c1I. The van der Waals surface area contributed by atoms with Crippen molar-refractivity contribution in [1.82, 2.24) is 25.2 Å². The van der Waals surface area contributed by atoms with Gasteiger partial charge < -0.3 is 25.7 Å². The number of nitrogen functional groups attached to an aromatic ring is 1. The van der Waals surface area contributed by atoms with E-state index in [2.05, 4.69) is 42.9 Å². The van der Waals surface area contributed by atoms with Crippen LogP contribution in [0.1, 0.15) is 49.7 Å². The van der Waals surface area contributed by atoms with Gasteiger partial charge in [-0.2, -0.15) is 0 Å². The van der Waals surface area contributed by atoms with E-state index in [0.29, 0.717) is 30.9 Å². The van der Waals surface area contributed by atoms with Crippen molar-refractivity contribution in [2.24, 2.45) is 0 Å². The average Bonchev–Trinajstić information content (AvgIpc) is 3.03. The molecule has 30 heavy (non-hydrogen) atoms. The molecule has 2 aliphatic rings. The summed E-state index contributed by atoms with van der Waals surface area (Å²) in [5.41, 5.74) is 7.94. The van der Waals surface area contributed by atoms with Gasteiger partial charge in [0.15, 0.2) is 0 Å². The van der Waals surface area contributed by atoms with Crippen LogP contribution in [0.3, 0.4) is 0 Å². The second-order valence-electron chi connectivity index (χ2n) is 8.79. The van der Waals surface area contributed by atoms with Crippen LogP contribution >= 0.6 is 22.6 Å². The van der Waals surface area contributed by atoms with Gasteiger partial charge in [-0.1, -0.05) is 0 Å². The Bertz CT molecular complexity index is 1000. The molecule has 2 aliphatic heterocycles. The highest BCUT2D eigenvalue weighted by molar-refractivity contribution is 14.1. The van der Waals surface area contributed by atoms with Gasteiger partial charge in [-0.15, -0.1) is 0 Å². The van der Waals surface area contributed by atoms with E-state index in [-0.39, 0.29) is 23.4 Å². The van der Waals surface area contributed by atoms with Crippen LogP contribution in [0.15, 0.2) is 12.3 Å². The van der Waals surface area contributed by atoms with Crippen molar-refractivity contribution in [3.8, 4) is 11.4 Å². The average molecular weight is 524 g/mol. The first-order valence-corrected chi connectivity index (χ1v) is 10.9. The molecule has 0 aliphatic carbocycles. The van der Waals surface area contributed by atoms with Gasteiger partial charge >= 0.3 is 6.09 Å².